The summed E-state index contributed by atoms with van der Waals surface area (Å²) in [5, 5.41) is 3.65. The average molecular weight is 317 g/mol. The van der Waals surface area contributed by atoms with Gasteiger partial charge in [-0.2, -0.15) is 0 Å². The van der Waals surface area contributed by atoms with E-state index >= 15 is 0 Å². The molecular formula is C14H21ClN2O2S. The molecule has 6 heteroatoms. The van der Waals surface area contributed by atoms with Gasteiger partial charge in [-0.25, -0.2) is 13.1 Å². The molecular weight excluding hydrogens is 296 g/mol. The van der Waals surface area contributed by atoms with Crippen LogP contribution in [0.25, 0.3) is 0 Å². The lowest BCUT2D eigenvalue weighted by Gasteiger charge is -2.09. The Morgan fingerprint density at radius 3 is 2.65 bits per heavy atom. The first-order chi connectivity index (χ1) is 9.47. The number of sulfonamides is 1. The molecule has 0 amide bonds. The van der Waals surface area contributed by atoms with Crippen LogP contribution in [0.3, 0.4) is 0 Å². The summed E-state index contributed by atoms with van der Waals surface area (Å²) < 4.78 is 27.2. The van der Waals surface area contributed by atoms with Crippen LogP contribution in [-0.2, 0) is 16.6 Å². The number of rotatable bonds is 7. The number of benzene rings is 1. The molecule has 0 aromatic heterocycles. The van der Waals surface area contributed by atoms with Gasteiger partial charge in [-0.15, -0.1) is 0 Å². The average Bonchev–Trinajstić information content (AvgIpc) is 3.14. The lowest BCUT2D eigenvalue weighted by Crippen LogP contribution is -2.27. The van der Waals surface area contributed by atoms with E-state index in [1.165, 1.54) is 6.07 Å². The molecule has 2 unspecified atom stereocenters. The van der Waals surface area contributed by atoms with Crippen LogP contribution in [0.5, 0.6) is 0 Å². The first-order valence-electron chi connectivity index (χ1n) is 6.99. The highest BCUT2D eigenvalue weighted by Crippen LogP contribution is 2.34. The molecule has 1 fully saturated rings. The molecule has 1 aliphatic carbocycles. The van der Waals surface area contributed by atoms with Crippen LogP contribution in [0, 0.1) is 5.92 Å². The van der Waals surface area contributed by atoms with Crippen LogP contribution in [0.15, 0.2) is 23.1 Å². The first kappa shape index (κ1) is 15.8. The molecule has 0 radical (unpaired) electrons. The van der Waals surface area contributed by atoms with Crippen molar-refractivity contribution in [1.29, 1.82) is 0 Å². The Morgan fingerprint density at radius 2 is 2.10 bits per heavy atom. The van der Waals surface area contributed by atoms with Crippen LogP contribution in [0.2, 0.25) is 5.02 Å². The molecule has 1 aromatic rings. The standard InChI is InChI=1S/C14H21ClN2O2S/c1-3-10-7-14(10)17-20(18,19)12-6-5-11(9-16-4-2)13(15)8-12/h5-6,8,10,14,16-17H,3-4,7,9H2,1-2H3. The Balaban J connectivity index is 2.10. The molecule has 1 aromatic carbocycles. The molecule has 0 saturated heterocycles. The third kappa shape index (κ3) is 3.73. The maximum absolute atomic E-state index is 12.2. The third-order valence-electron chi connectivity index (χ3n) is 3.65. The van der Waals surface area contributed by atoms with Crippen LogP contribution in [0.4, 0.5) is 0 Å². The summed E-state index contributed by atoms with van der Waals surface area (Å²) in [6.07, 6.45) is 1.94. The fourth-order valence-corrected chi connectivity index (χ4v) is 3.86. The third-order valence-corrected chi connectivity index (χ3v) is 5.49. The second-order valence-electron chi connectivity index (χ2n) is 5.17. The van der Waals surface area contributed by atoms with Crippen LogP contribution in [-0.4, -0.2) is 21.0 Å². The molecule has 1 aliphatic rings. The number of hydrogen-bond acceptors (Lipinski definition) is 3. The van der Waals surface area contributed by atoms with Crippen molar-refractivity contribution in [2.75, 3.05) is 6.54 Å². The summed E-state index contributed by atoms with van der Waals surface area (Å²) in [4.78, 5) is 0.240. The predicted molar refractivity (Wildman–Crippen MR) is 81.3 cm³/mol. The van der Waals surface area contributed by atoms with Gasteiger partial charge in [-0.1, -0.05) is 37.9 Å². The van der Waals surface area contributed by atoms with E-state index in [0.717, 1.165) is 24.9 Å². The van der Waals surface area contributed by atoms with Crippen molar-refractivity contribution in [2.24, 2.45) is 5.92 Å². The van der Waals surface area contributed by atoms with Crippen molar-refractivity contribution in [1.82, 2.24) is 10.0 Å². The van der Waals surface area contributed by atoms with Crippen molar-refractivity contribution in [3.63, 3.8) is 0 Å². The van der Waals surface area contributed by atoms with Gasteiger partial charge in [0.2, 0.25) is 10.0 Å². The lowest BCUT2D eigenvalue weighted by atomic mass is 10.2. The molecule has 2 N–H and O–H groups in total. The van der Waals surface area contributed by atoms with E-state index in [4.69, 9.17) is 11.6 Å². The quantitative estimate of drug-likeness (QED) is 0.812. The van der Waals surface area contributed by atoms with Gasteiger partial charge >= 0.3 is 0 Å². The zero-order chi connectivity index (χ0) is 14.8. The molecule has 0 spiro atoms. The van der Waals surface area contributed by atoms with Gasteiger partial charge in [0.15, 0.2) is 0 Å². The van der Waals surface area contributed by atoms with Crippen LogP contribution < -0.4 is 10.0 Å². The molecule has 112 valence electrons. The highest BCUT2D eigenvalue weighted by atomic mass is 35.5. The Bertz CT molecular complexity index is 575. The highest BCUT2D eigenvalue weighted by molar-refractivity contribution is 7.89. The zero-order valence-electron chi connectivity index (χ0n) is 11.8. The zero-order valence-corrected chi connectivity index (χ0v) is 13.4. The van der Waals surface area contributed by atoms with Gasteiger partial charge in [0.1, 0.15) is 0 Å². The molecule has 0 heterocycles. The van der Waals surface area contributed by atoms with Crippen molar-refractivity contribution < 1.29 is 8.42 Å². The van der Waals surface area contributed by atoms with E-state index in [2.05, 4.69) is 17.0 Å². The van der Waals surface area contributed by atoms with Gasteiger partial charge in [-0.3, -0.25) is 0 Å². The van der Waals surface area contributed by atoms with E-state index in [0.29, 0.717) is 17.5 Å². The van der Waals surface area contributed by atoms with Crippen molar-refractivity contribution in [3.05, 3.63) is 28.8 Å². The van der Waals surface area contributed by atoms with E-state index in [9.17, 15) is 8.42 Å². The van der Waals surface area contributed by atoms with Gasteiger partial charge in [0.25, 0.3) is 0 Å². The molecule has 2 rings (SSSR count). The largest absolute Gasteiger partial charge is 0.313 e. The molecule has 1 saturated carbocycles. The smallest absolute Gasteiger partial charge is 0.240 e. The Hall–Kier alpha value is -0.620. The molecule has 4 nitrogen and oxygen atoms in total. The molecule has 2 atom stereocenters. The van der Waals surface area contributed by atoms with E-state index < -0.39 is 10.0 Å². The van der Waals surface area contributed by atoms with Gasteiger partial charge in [0, 0.05) is 17.6 Å². The highest BCUT2D eigenvalue weighted by Gasteiger charge is 2.38. The summed E-state index contributed by atoms with van der Waals surface area (Å²) in [5.74, 6) is 0.480. The monoisotopic (exact) mass is 316 g/mol. The van der Waals surface area contributed by atoms with Crippen LogP contribution in [0.1, 0.15) is 32.3 Å². The Morgan fingerprint density at radius 1 is 1.35 bits per heavy atom. The molecule has 0 bridgehead atoms. The topological polar surface area (TPSA) is 58.2 Å². The van der Waals surface area contributed by atoms with Crippen molar-refractivity contribution >= 4 is 21.6 Å². The van der Waals surface area contributed by atoms with Crippen molar-refractivity contribution in [2.45, 2.75) is 44.2 Å². The maximum atomic E-state index is 12.2. The number of halogens is 1. The van der Waals surface area contributed by atoms with Crippen LogP contribution >= 0.6 is 11.6 Å². The second kappa shape index (κ2) is 6.43. The summed E-state index contributed by atoms with van der Waals surface area (Å²) in [6.45, 7) is 5.57. The lowest BCUT2D eigenvalue weighted by molar-refractivity contribution is 0.576. The number of nitrogens with one attached hydrogen (secondary N) is 2. The molecule has 0 aliphatic heterocycles. The van der Waals surface area contributed by atoms with Gasteiger partial charge in [-0.05, 0) is 36.6 Å². The van der Waals surface area contributed by atoms with Gasteiger partial charge < -0.3 is 5.32 Å². The fourth-order valence-electron chi connectivity index (χ4n) is 2.21. The summed E-state index contributed by atoms with van der Waals surface area (Å²) in [7, 11) is -3.45. The summed E-state index contributed by atoms with van der Waals surface area (Å²) >= 11 is 6.15. The van der Waals surface area contributed by atoms with E-state index in [-0.39, 0.29) is 10.9 Å². The maximum Gasteiger partial charge on any atom is 0.240 e. The summed E-state index contributed by atoms with van der Waals surface area (Å²) in [6, 6.07) is 5.00. The minimum absolute atomic E-state index is 0.0882. The second-order valence-corrected chi connectivity index (χ2v) is 7.29. The number of hydrogen-bond donors (Lipinski definition) is 2. The first-order valence-corrected chi connectivity index (χ1v) is 8.85. The summed E-state index contributed by atoms with van der Waals surface area (Å²) in [5.41, 5.74) is 0.908. The fraction of sp³-hybridized carbons (Fsp3) is 0.571. The minimum Gasteiger partial charge on any atom is -0.313 e. The minimum atomic E-state index is -3.45. The molecule has 20 heavy (non-hydrogen) atoms. The van der Waals surface area contributed by atoms with E-state index in [1.807, 2.05) is 6.92 Å². The van der Waals surface area contributed by atoms with Gasteiger partial charge in [0.05, 0.1) is 4.90 Å². The SMILES string of the molecule is CCNCc1ccc(S(=O)(=O)NC2CC2CC)cc1Cl. The predicted octanol–water partition coefficient (Wildman–Crippen LogP) is 2.53. The van der Waals surface area contributed by atoms with Crippen molar-refractivity contribution in [3.8, 4) is 0 Å². The normalized spacial score (nSPS) is 21.9. The van der Waals surface area contributed by atoms with E-state index in [1.54, 1.807) is 12.1 Å². The Kier molecular flexibility index (Phi) is 5.07. The Labute approximate surface area is 126 Å².